The summed E-state index contributed by atoms with van der Waals surface area (Å²) in [5.41, 5.74) is 5.46. The van der Waals surface area contributed by atoms with Gasteiger partial charge in [-0.25, -0.2) is 9.59 Å². The van der Waals surface area contributed by atoms with Gasteiger partial charge in [0.1, 0.15) is 0 Å². The van der Waals surface area contributed by atoms with Crippen LogP contribution < -0.4 is 5.73 Å². The Balaban J connectivity index is 2.44. The molecule has 0 radical (unpaired) electrons. The molecule has 0 spiro atoms. The fourth-order valence-corrected chi connectivity index (χ4v) is 1.26. The van der Waals surface area contributed by atoms with E-state index in [1.807, 2.05) is 0 Å². The van der Waals surface area contributed by atoms with Crippen molar-refractivity contribution in [3.05, 3.63) is 30.0 Å². The lowest BCUT2D eigenvalue weighted by Crippen LogP contribution is -2.18. The number of rotatable bonds is 1. The quantitative estimate of drug-likeness (QED) is 0.531. The lowest BCUT2D eigenvalue weighted by molar-refractivity contribution is 0.0634. The average molecular weight is 205 g/mol. The molecule has 6 heteroatoms. The van der Waals surface area contributed by atoms with E-state index in [9.17, 15) is 9.59 Å². The number of aromatic nitrogens is 2. The molecule has 2 rings (SSSR count). The number of esters is 1. The van der Waals surface area contributed by atoms with Crippen molar-refractivity contribution in [3.63, 3.8) is 0 Å². The largest absolute Gasteiger partial charge is 0.412 e. The zero-order valence-corrected chi connectivity index (χ0v) is 7.56. The highest BCUT2D eigenvalue weighted by molar-refractivity contribution is 6.04. The second-order valence-corrected chi connectivity index (χ2v) is 2.83. The molecule has 0 saturated heterocycles. The highest BCUT2D eigenvalue weighted by atomic mass is 16.6. The molecule has 0 aliphatic rings. The molecule has 0 saturated carbocycles. The summed E-state index contributed by atoms with van der Waals surface area (Å²) < 4.78 is 4.22. The standard InChI is InChI=1S/C9H7N3O3/c10-9(14)15-8(13)7-5-3-1-2-4-6(5)11-12-7/h1-4H,(H2,10,14)(H,11,12). The number of benzene rings is 1. The van der Waals surface area contributed by atoms with Crippen molar-refractivity contribution in [2.24, 2.45) is 5.73 Å². The Hall–Kier alpha value is -2.37. The van der Waals surface area contributed by atoms with Crippen LogP contribution in [0.2, 0.25) is 0 Å². The molecular weight excluding hydrogens is 198 g/mol. The molecular formula is C9H7N3O3. The minimum atomic E-state index is -1.15. The predicted molar refractivity (Wildman–Crippen MR) is 51.1 cm³/mol. The topological polar surface area (TPSA) is 98.1 Å². The lowest BCUT2D eigenvalue weighted by Gasteiger charge is -1.95. The molecule has 1 amide bonds. The number of hydrogen-bond acceptors (Lipinski definition) is 4. The molecule has 0 aliphatic heterocycles. The summed E-state index contributed by atoms with van der Waals surface area (Å²) in [7, 11) is 0. The first-order valence-corrected chi connectivity index (χ1v) is 4.13. The summed E-state index contributed by atoms with van der Waals surface area (Å²) >= 11 is 0. The van der Waals surface area contributed by atoms with Crippen LogP contribution in [0.15, 0.2) is 24.3 Å². The second-order valence-electron chi connectivity index (χ2n) is 2.83. The number of fused-ring (bicyclic) bond motifs is 1. The van der Waals surface area contributed by atoms with E-state index in [1.165, 1.54) is 0 Å². The summed E-state index contributed by atoms with van der Waals surface area (Å²) in [4.78, 5) is 21.7. The highest BCUT2D eigenvalue weighted by Crippen LogP contribution is 2.15. The zero-order chi connectivity index (χ0) is 10.8. The van der Waals surface area contributed by atoms with Crippen molar-refractivity contribution in [1.82, 2.24) is 10.2 Å². The summed E-state index contributed by atoms with van der Waals surface area (Å²) in [5.74, 6) is -0.861. The van der Waals surface area contributed by atoms with Gasteiger partial charge in [0.25, 0.3) is 0 Å². The maximum absolute atomic E-state index is 11.3. The van der Waals surface area contributed by atoms with Crippen LogP contribution in [0.1, 0.15) is 10.5 Å². The monoisotopic (exact) mass is 205 g/mol. The van der Waals surface area contributed by atoms with Gasteiger partial charge in [0.15, 0.2) is 5.69 Å². The number of hydrogen-bond donors (Lipinski definition) is 2. The van der Waals surface area contributed by atoms with Gasteiger partial charge in [-0.15, -0.1) is 0 Å². The summed E-state index contributed by atoms with van der Waals surface area (Å²) in [6, 6.07) is 6.99. The van der Waals surface area contributed by atoms with E-state index in [1.54, 1.807) is 24.3 Å². The molecule has 0 aliphatic carbocycles. The first-order chi connectivity index (χ1) is 7.18. The van der Waals surface area contributed by atoms with Crippen LogP contribution in [-0.4, -0.2) is 22.3 Å². The number of nitrogens with zero attached hydrogens (tertiary/aromatic N) is 1. The third-order valence-electron chi connectivity index (χ3n) is 1.86. The molecule has 0 unspecified atom stereocenters. The van der Waals surface area contributed by atoms with Gasteiger partial charge in [-0.05, 0) is 6.07 Å². The van der Waals surface area contributed by atoms with Crippen LogP contribution >= 0.6 is 0 Å². The van der Waals surface area contributed by atoms with E-state index >= 15 is 0 Å². The van der Waals surface area contributed by atoms with Gasteiger partial charge in [0.05, 0.1) is 5.52 Å². The molecule has 0 bridgehead atoms. The molecule has 1 heterocycles. The van der Waals surface area contributed by atoms with Crippen LogP contribution in [0.3, 0.4) is 0 Å². The van der Waals surface area contributed by atoms with Crippen LogP contribution in [0.25, 0.3) is 10.9 Å². The molecule has 15 heavy (non-hydrogen) atoms. The number of para-hydroxylation sites is 1. The minimum Gasteiger partial charge on any atom is -0.371 e. The van der Waals surface area contributed by atoms with Gasteiger partial charge in [0, 0.05) is 5.39 Å². The molecule has 1 aromatic heterocycles. The number of nitrogens with two attached hydrogens (primary N) is 1. The number of H-pyrrole nitrogens is 1. The molecule has 6 nitrogen and oxygen atoms in total. The molecule has 0 atom stereocenters. The molecule has 0 fully saturated rings. The first kappa shape index (κ1) is 9.20. The van der Waals surface area contributed by atoms with E-state index in [4.69, 9.17) is 5.73 Å². The first-order valence-electron chi connectivity index (χ1n) is 4.13. The van der Waals surface area contributed by atoms with Crippen molar-refractivity contribution in [1.29, 1.82) is 0 Å². The van der Waals surface area contributed by atoms with Gasteiger partial charge in [-0.1, -0.05) is 18.2 Å². The number of carbonyl (C=O) groups is 2. The van der Waals surface area contributed by atoms with Gasteiger partial charge >= 0.3 is 12.1 Å². The van der Waals surface area contributed by atoms with E-state index in [0.717, 1.165) is 0 Å². The number of primary amides is 1. The fraction of sp³-hybridized carbons (Fsp3) is 0. The number of amides is 1. The third kappa shape index (κ3) is 1.64. The van der Waals surface area contributed by atoms with Crippen molar-refractivity contribution in [3.8, 4) is 0 Å². The average Bonchev–Trinajstić information content (AvgIpc) is 2.59. The summed E-state index contributed by atoms with van der Waals surface area (Å²) in [6.45, 7) is 0. The Morgan fingerprint density at radius 2 is 2.07 bits per heavy atom. The Morgan fingerprint density at radius 1 is 1.33 bits per heavy atom. The van der Waals surface area contributed by atoms with E-state index in [0.29, 0.717) is 10.9 Å². The minimum absolute atomic E-state index is 0.0457. The second kappa shape index (κ2) is 3.41. The predicted octanol–water partition coefficient (Wildman–Crippen LogP) is 0.798. The van der Waals surface area contributed by atoms with Crippen LogP contribution in [0.4, 0.5) is 4.79 Å². The molecule has 3 N–H and O–H groups in total. The van der Waals surface area contributed by atoms with Gasteiger partial charge in [-0.3, -0.25) is 5.10 Å². The zero-order valence-electron chi connectivity index (χ0n) is 7.56. The van der Waals surface area contributed by atoms with Crippen molar-refractivity contribution in [2.45, 2.75) is 0 Å². The van der Waals surface area contributed by atoms with Crippen LogP contribution in [-0.2, 0) is 4.74 Å². The van der Waals surface area contributed by atoms with Gasteiger partial charge in [0.2, 0.25) is 0 Å². The van der Waals surface area contributed by atoms with Crippen molar-refractivity contribution in [2.75, 3.05) is 0 Å². The van der Waals surface area contributed by atoms with Crippen LogP contribution in [0, 0.1) is 0 Å². The maximum atomic E-state index is 11.3. The molecule has 1 aromatic carbocycles. The Bertz CT molecular complexity index is 532. The van der Waals surface area contributed by atoms with E-state index in [-0.39, 0.29) is 5.69 Å². The third-order valence-corrected chi connectivity index (χ3v) is 1.86. The van der Waals surface area contributed by atoms with Crippen molar-refractivity contribution < 1.29 is 14.3 Å². The Labute approximate surface area is 84.0 Å². The molecule has 2 aromatic rings. The van der Waals surface area contributed by atoms with E-state index < -0.39 is 12.1 Å². The smallest absolute Gasteiger partial charge is 0.371 e. The Kier molecular flexibility index (Phi) is 2.09. The van der Waals surface area contributed by atoms with Gasteiger partial charge < -0.3 is 10.5 Å². The molecule has 76 valence electrons. The van der Waals surface area contributed by atoms with E-state index in [2.05, 4.69) is 14.9 Å². The number of aromatic amines is 1. The van der Waals surface area contributed by atoms with Gasteiger partial charge in [-0.2, -0.15) is 5.10 Å². The maximum Gasteiger partial charge on any atom is 0.412 e. The SMILES string of the molecule is NC(=O)OC(=O)c1n[nH]c2ccccc12. The number of nitrogens with one attached hydrogen (secondary N) is 1. The van der Waals surface area contributed by atoms with Crippen LogP contribution in [0.5, 0.6) is 0 Å². The number of carbonyl (C=O) groups excluding carboxylic acids is 2. The van der Waals surface area contributed by atoms with Crippen molar-refractivity contribution >= 4 is 23.0 Å². The Morgan fingerprint density at radius 3 is 2.80 bits per heavy atom. The highest BCUT2D eigenvalue weighted by Gasteiger charge is 2.16. The number of ether oxygens (including phenoxy) is 1. The normalized spacial score (nSPS) is 10.1. The lowest BCUT2D eigenvalue weighted by atomic mass is 10.2. The fourth-order valence-electron chi connectivity index (χ4n) is 1.26. The summed E-state index contributed by atoms with van der Waals surface area (Å²) in [5, 5.41) is 6.97. The summed E-state index contributed by atoms with van der Waals surface area (Å²) in [6.07, 6.45) is -1.15.